The minimum atomic E-state index is -0.326. The Kier molecular flexibility index (Phi) is 5.14. The molecule has 0 aliphatic rings. The number of carbonyl (C=O) groups is 2. The Labute approximate surface area is 129 Å². The molecule has 2 aromatic rings. The Balaban J connectivity index is 2.08. The molecule has 0 fully saturated rings. The maximum atomic E-state index is 12.0. The van der Waals surface area contributed by atoms with Crippen LogP contribution in [0.4, 0.5) is 21.9 Å². The zero-order valence-corrected chi connectivity index (χ0v) is 12.6. The second kappa shape index (κ2) is 7.26. The number of hydrogen-bond acceptors (Lipinski definition) is 2. The van der Waals surface area contributed by atoms with E-state index >= 15 is 0 Å². The molecule has 0 saturated carbocycles. The maximum absolute atomic E-state index is 12.0. The molecule has 0 spiro atoms. The molecule has 2 aromatic carbocycles. The zero-order chi connectivity index (χ0) is 15.9. The van der Waals surface area contributed by atoms with Gasteiger partial charge in [0.25, 0.3) is 0 Å². The van der Waals surface area contributed by atoms with Gasteiger partial charge in [0.15, 0.2) is 0 Å². The highest BCUT2D eigenvalue weighted by molar-refractivity contribution is 6.01. The van der Waals surface area contributed by atoms with Crippen molar-refractivity contribution in [1.82, 2.24) is 0 Å². The number of anilines is 3. The summed E-state index contributed by atoms with van der Waals surface area (Å²) >= 11 is 0. The largest absolute Gasteiger partial charge is 0.326 e. The summed E-state index contributed by atoms with van der Waals surface area (Å²) in [4.78, 5) is 23.5. The summed E-state index contributed by atoms with van der Waals surface area (Å²) in [6, 6.07) is 14.3. The highest BCUT2D eigenvalue weighted by Crippen LogP contribution is 2.23. The average molecular weight is 297 g/mol. The lowest BCUT2D eigenvalue weighted by Crippen LogP contribution is -2.20. The van der Waals surface area contributed by atoms with Crippen molar-refractivity contribution in [3.05, 3.63) is 54.1 Å². The molecule has 0 radical (unpaired) electrons. The molecule has 0 aliphatic carbocycles. The first-order chi connectivity index (χ1) is 10.6. The third-order valence-electron chi connectivity index (χ3n) is 3.21. The van der Waals surface area contributed by atoms with Crippen molar-refractivity contribution < 1.29 is 9.59 Å². The number of rotatable bonds is 4. The van der Waals surface area contributed by atoms with Crippen LogP contribution in [0.1, 0.15) is 18.9 Å². The molecule has 3 N–H and O–H groups in total. The van der Waals surface area contributed by atoms with Crippen LogP contribution in [0.25, 0.3) is 0 Å². The van der Waals surface area contributed by atoms with Crippen LogP contribution in [0.2, 0.25) is 0 Å². The second-order valence-corrected chi connectivity index (χ2v) is 4.83. The van der Waals surface area contributed by atoms with Crippen molar-refractivity contribution in [3.8, 4) is 0 Å². The Bertz CT molecular complexity index is 669. The highest BCUT2D eigenvalue weighted by Gasteiger charge is 2.09. The van der Waals surface area contributed by atoms with E-state index in [-0.39, 0.29) is 11.9 Å². The third kappa shape index (κ3) is 4.09. The van der Waals surface area contributed by atoms with Gasteiger partial charge in [-0.3, -0.25) is 4.79 Å². The molecule has 0 saturated heterocycles. The number of benzene rings is 2. The predicted molar refractivity (Wildman–Crippen MR) is 89.2 cm³/mol. The molecule has 0 unspecified atom stereocenters. The molecule has 114 valence electrons. The molecule has 0 aromatic heterocycles. The first-order valence-corrected chi connectivity index (χ1v) is 7.12. The van der Waals surface area contributed by atoms with Gasteiger partial charge in [-0.05, 0) is 36.8 Å². The Morgan fingerprint density at radius 3 is 2.14 bits per heavy atom. The Morgan fingerprint density at radius 2 is 1.50 bits per heavy atom. The molecule has 5 nitrogen and oxygen atoms in total. The van der Waals surface area contributed by atoms with Crippen LogP contribution in [0.3, 0.4) is 0 Å². The molecule has 3 amide bonds. The van der Waals surface area contributed by atoms with Gasteiger partial charge in [-0.2, -0.15) is 0 Å². The minimum absolute atomic E-state index is 0.0611. The number of carbonyl (C=O) groups excluding carboxylic acids is 2. The van der Waals surface area contributed by atoms with E-state index < -0.39 is 0 Å². The van der Waals surface area contributed by atoms with E-state index in [1.165, 1.54) is 0 Å². The summed E-state index contributed by atoms with van der Waals surface area (Å²) in [7, 11) is 0. The molecular formula is C17H19N3O2. The van der Waals surface area contributed by atoms with Crippen molar-refractivity contribution in [1.29, 1.82) is 0 Å². The van der Waals surface area contributed by atoms with Gasteiger partial charge in [0, 0.05) is 23.5 Å². The van der Waals surface area contributed by atoms with Crippen LogP contribution in [0.5, 0.6) is 0 Å². The predicted octanol–water partition coefficient (Wildman–Crippen LogP) is 3.99. The highest BCUT2D eigenvalue weighted by atomic mass is 16.2. The van der Waals surface area contributed by atoms with Crippen molar-refractivity contribution in [2.45, 2.75) is 20.3 Å². The average Bonchev–Trinajstić information content (AvgIpc) is 2.52. The van der Waals surface area contributed by atoms with Crippen molar-refractivity contribution in [3.63, 3.8) is 0 Å². The monoisotopic (exact) mass is 297 g/mol. The first kappa shape index (κ1) is 15.6. The number of hydrogen-bond donors (Lipinski definition) is 3. The van der Waals surface area contributed by atoms with Crippen LogP contribution in [0, 0.1) is 6.92 Å². The van der Waals surface area contributed by atoms with Gasteiger partial charge in [-0.1, -0.05) is 31.2 Å². The van der Waals surface area contributed by atoms with Crippen molar-refractivity contribution in [2.24, 2.45) is 0 Å². The standard InChI is InChI=1S/C17H19N3O2/c1-3-16(21)19-14-10-7-11-15(12(14)2)20-17(22)18-13-8-5-4-6-9-13/h4-11H,3H2,1-2H3,(H,19,21)(H2,18,20,22). The fourth-order valence-electron chi connectivity index (χ4n) is 1.95. The maximum Gasteiger partial charge on any atom is 0.323 e. The summed E-state index contributed by atoms with van der Waals surface area (Å²) in [5.41, 5.74) is 2.88. The number of urea groups is 1. The van der Waals surface area contributed by atoms with Gasteiger partial charge in [0.1, 0.15) is 0 Å². The molecule has 0 heterocycles. The summed E-state index contributed by atoms with van der Waals surface area (Å²) in [6.45, 7) is 3.64. The lowest BCUT2D eigenvalue weighted by molar-refractivity contribution is -0.115. The normalized spacial score (nSPS) is 9.91. The number of nitrogens with one attached hydrogen (secondary N) is 3. The quantitative estimate of drug-likeness (QED) is 0.798. The van der Waals surface area contributed by atoms with Crippen LogP contribution in [0.15, 0.2) is 48.5 Å². The summed E-state index contributed by atoms with van der Waals surface area (Å²) in [5, 5.41) is 8.35. The van der Waals surface area contributed by atoms with Crippen LogP contribution < -0.4 is 16.0 Å². The Morgan fingerprint density at radius 1 is 0.864 bits per heavy atom. The topological polar surface area (TPSA) is 70.2 Å². The molecule has 0 atom stereocenters. The molecule has 5 heteroatoms. The Hall–Kier alpha value is -2.82. The fraction of sp³-hybridized carbons (Fsp3) is 0.176. The van der Waals surface area contributed by atoms with E-state index in [1.807, 2.05) is 43.3 Å². The molecule has 0 bridgehead atoms. The fourth-order valence-corrected chi connectivity index (χ4v) is 1.95. The smallest absolute Gasteiger partial charge is 0.323 e. The second-order valence-electron chi connectivity index (χ2n) is 4.83. The van der Waals surface area contributed by atoms with E-state index in [9.17, 15) is 9.59 Å². The van der Waals surface area contributed by atoms with E-state index in [0.29, 0.717) is 23.5 Å². The van der Waals surface area contributed by atoms with E-state index in [0.717, 1.165) is 5.56 Å². The lowest BCUT2D eigenvalue weighted by Gasteiger charge is -2.13. The van der Waals surface area contributed by atoms with E-state index in [4.69, 9.17) is 0 Å². The van der Waals surface area contributed by atoms with Gasteiger partial charge in [-0.25, -0.2) is 4.79 Å². The van der Waals surface area contributed by atoms with Gasteiger partial charge >= 0.3 is 6.03 Å². The van der Waals surface area contributed by atoms with Gasteiger partial charge in [0.05, 0.1) is 0 Å². The summed E-state index contributed by atoms with van der Waals surface area (Å²) in [5.74, 6) is -0.0611. The van der Waals surface area contributed by atoms with E-state index in [1.54, 1.807) is 19.1 Å². The summed E-state index contributed by atoms with van der Waals surface area (Å²) in [6.07, 6.45) is 0.408. The SMILES string of the molecule is CCC(=O)Nc1cccc(NC(=O)Nc2ccccc2)c1C. The van der Waals surface area contributed by atoms with Gasteiger partial charge in [0.2, 0.25) is 5.91 Å². The first-order valence-electron chi connectivity index (χ1n) is 7.12. The van der Waals surface area contributed by atoms with Crippen LogP contribution >= 0.6 is 0 Å². The van der Waals surface area contributed by atoms with Crippen molar-refractivity contribution >= 4 is 29.0 Å². The molecule has 22 heavy (non-hydrogen) atoms. The molecule has 2 rings (SSSR count). The molecular weight excluding hydrogens is 278 g/mol. The zero-order valence-electron chi connectivity index (χ0n) is 12.6. The molecule has 0 aliphatic heterocycles. The van der Waals surface area contributed by atoms with Crippen molar-refractivity contribution in [2.75, 3.05) is 16.0 Å². The third-order valence-corrected chi connectivity index (χ3v) is 3.21. The van der Waals surface area contributed by atoms with E-state index in [2.05, 4.69) is 16.0 Å². The minimum Gasteiger partial charge on any atom is -0.326 e. The number of amides is 3. The van der Waals surface area contributed by atoms with Crippen LogP contribution in [-0.4, -0.2) is 11.9 Å². The van der Waals surface area contributed by atoms with Gasteiger partial charge < -0.3 is 16.0 Å². The van der Waals surface area contributed by atoms with Crippen LogP contribution in [-0.2, 0) is 4.79 Å². The summed E-state index contributed by atoms with van der Waals surface area (Å²) < 4.78 is 0. The lowest BCUT2D eigenvalue weighted by atomic mass is 10.1. The number of para-hydroxylation sites is 1. The van der Waals surface area contributed by atoms with Gasteiger partial charge in [-0.15, -0.1) is 0 Å².